The Bertz CT molecular complexity index is 892. The molecule has 0 saturated carbocycles. The second-order valence-corrected chi connectivity index (χ2v) is 8.41. The van der Waals surface area contributed by atoms with Gasteiger partial charge in [0.15, 0.2) is 0 Å². The van der Waals surface area contributed by atoms with E-state index in [1.165, 1.54) is 11.3 Å². The molecule has 6 nitrogen and oxygen atoms in total. The maximum atomic E-state index is 12.9. The van der Waals surface area contributed by atoms with E-state index in [9.17, 15) is 4.79 Å². The molecule has 0 aliphatic carbocycles. The van der Waals surface area contributed by atoms with Crippen LogP contribution in [0.25, 0.3) is 11.0 Å². The van der Waals surface area contributed by atoms with Gasteiger partial charge in [-0.3, -0.25) is 4.79 Å². The minimum atomic E-state index is -0.262. The number of carbonyl (C=O) groups is 1. The zero-order valence-electron chi connectivity index (χ0n) is 15.6. The normalized spacial score (nSPS) is 27.9. The van der Waals surface area contributed by atoms with Crippen LogP contribution in [0.3, 0.4) is 0 Å². The molecule has 27 heavy (non-hydrogen) atoms. The van der Waals surface area contributed by atoms with Crippen molar-refractivity contribution in [3.8, 4) is 0 Å². The average molecular weight is 389 g/mol. The largest absolute Gasteiger partial charge is 0.367 e. The lowest BCUT2D eigenvalue weighted by atomic mass is 10.00. The summed E-state index contributed by atoms with van der Waals surface area (Å²) >= 11 is 6.15. The van der Waals surface area contributed by atoms with Crippen molar-refractivity contribution in [2.24, 2.45) is 0 Å². The molecule has 3 unspecified atom stereocenters. The van der Waals surface area contributed by atoms with Gasteiger partial charge in [0.25, 0.3) is 5.91 Å². The van der Waals surface area contributed by atoms with Crippen molar-refractivity contribution < 1.29 is 9.53 Å². The lowest BCUT2D eigenvalue weighted by molar-refractivity contribution is -0.140. The van der Waals surface area contributed by atoms with Crippen molar-refractivity contribution in [3.05, 3.63) is 28.5 Å². The number of nitrogens with one attached hydrogen (secondary N) is 1. The average Bonchev–Trinajstić information content (AvgIpc) is 3.12. The number of pyridine rings is 1. The fourth-order valence-electron chi connectivity index (χ4n) is 4.70. The summed E-state index contributed by atoms with van der Waals surface area (Å²) in [6.45, 7) is 5.54. The van der Waals surface area contributed by atoms with E-state index in [1.807, 2.05) is 6.07 Å². The first-order valence-corrected chi connectivity index (χ1v) is 10.3. The highest BCUT2D eigenvalue weighted by atomic mass is 35.5. The Labute approximate surface area is 163 Å². The summed E-state index contributed by atoms with van der Waals surface area (Å²) < 4.78 is 8.21. The third-order valence-corrected chi connectivity index (χ3v) is 6.63. The van der Waals surface area contributed by atoms with Gasteiger partial charge in [-0.25, -0.2) is 4.98 Å². The number of hydrogen-bond acceptors (Lipinski definition) is 4. The molecule has 144 valence electrons. The minimum Gasteiger partial charge on any atom is -0.367 e. The molecule has 2 saturated heterocycles. The number of ether oxygens (including phenoxy) is 1. The van der Waals surface area contributed by atoms with Crippen molar-refractivity contribution in [2.45, 2.75) is 57.3 Å². The molecule has 3 aliphatic rings. The number of aryl methyl sites for hydroxylation is 2. The highest BCUT2D eigenvalue weighted by Crippen LogP contribution is 2.33. The molecule has 1 amide bonds. The lowest BCUT2D eigenvalue weighted by Gasteiger charge is -2.33. The monoisotopic (exact) mass is 388 g/mol. The maximum Gasteiger partial charge on any atom is 0.252 e. The van der Waals surface area contributed by atoms with E-state index in [0.717, 1.165) is 56.4 Å². The smallest absolute Gasteiger partial charge is 0.252 e. The summed E-state index contributed by atoms with van der Waals surface area (Å²) in [4.78, 5) is 19.5. The Morgan fingerprint density at radius 2 is 2.19 bits per heavy atom. The number of likely N-dealkylation sites (tertiary alicyclic amines) is 1. The molecule has 0 radical (unpaired) electrons. The van der Waals surface area contributed by atoms with Crippen LogP contribution in [0.15, 0.2) is 12.3 Å². The topological polar surface area (TPSA) is 59.4 Å². The summed E-state index contributed by atoms with van der Waals surface area (Å²) in [5, 5.41) is 5.12. The third-order valence-electron chi connectivity index (χ3n) is 6.42. The van der Waals surface area contributed by atoms with Crippen molar-refractivity contribution in [1.82, 2.24) is 19.8 Å². The Morgan fingerprint density at radius 1 is 1.33 bits per heavy atom. The van der Waals surface area contributed by atoms with Crippen LogP contribution in [0, 0.1) is 6.92 Å². The number of halogens is 1. The van der Waals surface area contributed by atoms with Crippen LogP contribution in [0.5, 0.6) is 0 Å². The Balaban J connectivity index is 1.32. The van der Waals surface area contributed by atoms with E-state index >= 15 is 0 Å². The summed E-state index contributed by atoms with van der Waals surface area (Å²) in [5.41, 5.74) is 3.53. The molecular formula is C20H25ClN4O2. The molecular weight excluding hydrogens is 364 g/mol. The van der Waals surface area contributed by atoms with Gasteiger partial charge in [0.05, 0.1) is 11.6 Å². The Morgan fingerprint density at radius 3 is 2.96 bits per heavy atom. The van der Waals surface area contributed by atoms with E-state index in [4.69, 9.17) is 16.3 Å². The van der Waals surface area contributed by atoms with Crippen molar-refractivity contribution >= 4 is 28.5 Å². The van der Waals surface area contributed by atoms with Gasteiger partial charge in [-0.2, -0.15) is 0 Å². The zero-order chi connectivity index (χ0) is 18.5. The molecule has 2 fully saturated rings. The van der Waals surface area contributed by atoms with Gasteiger partial charge in [-0.1, -0.05) is 11.6 Å². The first kappa shape index (κ1) is 17.5. The zero-order valence-corrected chi connectivity index (χ0v) is 16.3. The number of amides is 1. The summed E-state index contributed by atoms with van der Waals surface area (Å²) in [7, 11) is 0. The van der Waals surface area contributed by atoms with Crippen molar-refractivity contribution in [3.63, 3.8) is 0 Å². The van der Waals surface area contributed by atoms with Gasteiger partial charge in [-0.05, 0) is 37.9 Å². The molecule has 2 aromatic rings. The summed E-state index contributed by atoms with van der Waals surface area (Å²) in [5.74, 6) is 0.169. The van der Waals surface area contributed by atoms with Crippen LogP contribution in [0.2, 0.25) is 5.02 Å². The van der Waals surface area contributed by atoms with Gasteiger partial charge < -0.3 is 19.5 Å². The van der Waals surface area contributed by atoms with Crippen molar-refractivity contribution in [1.29, 1.82) is 0 Å². The Hall–Kier alpha value is -1.63. The highest BCUT2D eigenvalue weighted by Gasteiger charge is 2.39. The van der Waals surface area contributed by atoms with Crippen molar-refractivity contribution in [2.75, 3.05) is 19.7 Å². The minimum absolute atomic E-state index is 0.169. The van der Waals surface area contributed by atoms with Crippen LogP contribution >= 0.6 is 11.6 Å². The molecule has 5 rings (SSSR count). The molecule has 7 heteroatoms. The standard InChI is InChI=1S/C20H25ClN4O2/c1-12-16-8-13(21)10-23-19(16)25-6-3-15(9-17(12)25)24-7-4-18(20(24)26)27-11-14-2-5-22-14/h8,10,14-15,18,22H,2-7,9,11H2,1H3. The fraction of sp³-hybridized carbons (Fsp3) is 0.600. The van der Waals surface area contributed by atoms with E-state index in [2.05, 4.69) is 26.7 Å². The predicted octanol–water partition coefficient (Wildman–Crippen LogP) is 2.29. The van der Waals surface area contributed by atoms with E-state index < -0.39 is 0 Å². The molecule has 0 spiro atoms. The predicted molar refractivity (Wildman–Crippen MR) is 104 cm³/mol. The fourth-order valence-corrected chi connectivity index (χ4v) is 4.86. The second-order valence-electron chi connectivity index (χ2n) is 7.98. The summed E-state index contributed by atoms with van der Waals surface area (Å²) in [6.07, 6.45) is 5.25. The molecule has 0 aromatic carbocycles. The van der Waals surface area contributed by atoms with Gasteiger partial charge in [0.1, 0.15) is 11.8 Å². The van der Waals surface area contributed by atoms with Crippen LogP contribution in [-0.4, -0.2) is 58.2 Å². The van der Waals surface area contributed by atoms with Gasteiger partial charge in [0.2, 0.25) is 0 Å². The second kappa shape index (κ2) is 6.76. The first-order chi connectivity index (χ1) is 13.1. The molecule has 0 bridgehead atoms. The lowest BCUT2D eigenvalue weighted by Crippen LogP contribution is -2.47. The quantitative estimate of drug-likeness (QED) is 0.873. The number of nitrogens with zero attached hydrogens (tertiary/aromatic N) is 3. The number of rotatable bonds is 4. The summed E-state index contributed by atoms with van der Waals surface area (Å²) in [6, 6.07) is 2.68. The van der Waals surface area contributed by atoms with E-state index in [0.29, 0.717) is 17.7 Å². The van der Waals surface area contributed by atoms with E-state index in [1.54, 1.807) is 6.20 Å². The number of aromatic nitrogens is 2. The van der Waals surface area contributed by atoms with Crippen LogP contribution < -0.4 is 5.32 Å². The molecule has 2 aromatic heterocycles. The maximum absolute atomic E-state index is 12.9. The first-order valence-electron chi connectivity index (χ1n) is 9.90. The molecule has 3 aliphatic heterocycles. The van der Waals surface area contributed by atoms with Gasteiger partial charge in [-0.15, -0.1) is 0 Å². The van der Waals surface area contributed by atoms with Gasteiger partial charge in [0, 0.05) is 55.3 Å². The third kappa shape index (κ3) is 2.94. The number of carbonyl (C=O) groups excluding carboxylic acids is 1. The molecule has 1 N–H and O–H groups in total. The molecule has 3 atom stereocenters. The number of fused-ring (bicyclic) bond motifs is 3. The molecule has 5 heterocycles. The van der Waals surface area contributed by atoms with Gasteiger partial charge >= 0.3 is 0 Å². The SMILES string of the molecule is Cc1c2n(c3ncc(Cl)cc13)CCC(N1CCC(OCC3CCN3)C1=O)C2. The highest BCUT2D eigenvalue weighted by molar-refractivity contribution is 6.31. The number of hydrogen-bond donors (Lipinski definition) is 1. The van der Waals surface area contributed by atoms with E-state index in [-0.39, 0.29) is 18.1 Å². The Kier molecular flexibility index (Phi) is 4.37. The van der Waals surface area contributed by atoms with Crippen LogP contribution in [0.4, 0.5) is 0 Å². The van der Waals surface area contributed by atoms with Crippen LogP contribution in [-0.2, 0) is 22.5 Å². The van der Waals surface area contributed by atoms with Crippen LogP contribution in [0.1, 0.15) is 30.5 Å².